The van der Waals surface area contributed by atoms with Crippen molar-refractivity contribution in [3.05, 3.63) is 46.5 Å². The van der Waals surface area contributed by atoms with Gasteiger partial charge in [0.15, 0.2) is 0 Å². The third-order valence-corrected chi connectivity index (χ3v) is 3.31. The van der Waals surface area contributed by atoms with Crippen LogP contribution in [0.2, 0.25) is 0 Å². The largest absolute Gasteiger partial charge is 0.457 e. The summed E-state index contributed by atoms with van der Waals surface area (Å²) in [5, 5.41) is 9.27. The fourth-order valence-corrected chi connectivity index (χ4v) is 2.54. The molecule has 3 rings (SSSR count). The first-order valence-corrected chi connectivity index (χ1v) is 5.90. The molecule has 0 saturated heterocycles. The monoisotopic (exact) mass is 253 g/mol. The Morgan fingerprint density at radius 1 is 1.42 bits per heavy atom. The van der Waals surface area contributed by atoms with E-state index in [-0.39, 0.29) is 12.6 Å². The van der Waals surface area contributed by atoms with Gasteiger partial charge in [-0.15, -0.1) is 0 Å². The Morgan fingerprint density at radius 2 is 2.26 bits per heavy atom. The summed E-state index contributed by atoms with van der Waals surface area (Å²) in [6.45, 7) is 0.649. The Balaban J connectivity index is 2.37. The number of rotatable bonds is 2. The molecule has 0 bridgehead atoms. The van der Waals surface area contributed by atoms with E-state index in [1.807, 2.05) is 18.2 Å². The smallest absolute Gasteiger partial charge is 0.339 e. The molecule has 0 amide bonds. The maximum atomic E-state index is 11.8. The molecule has 0 N–H and O–H groups in total. The van der Waals surface area contributed by atoms with Gasteiger partial charge in [0.05, 0.1) is 23.8 Å². The number of nitriles is 1. The molecule has 1 heterocycles. The van der Waals surface area contributed by atoms with Crippen molar-refractivity contribution in [1.29, 1.82) is 5.26 Å². The predicted molar refractivity (Wildman–Crippen MR) is 67.6 cm³/mol. The van der Waals surface area contributed by atoms with Crippen LogP contribution in [0.1, 0.15) is 27.0 Å². The zero-order valence-electron chi connectivity index (χ0n) is 10.4. The normalized spacial score (nSPS) is 13.2. The van der Waals surface area contributed by atoms with Crippen LogP contribution >= 0.6 is 0 Å². The maximum absolute atomic E-state index is 11.8. The van der Waals surface area contributed by atoms with Crippen molar-refractivity contribution >= 4 is 5.97 Å². The molecular weight excluding hydrogens is 242 g/mol. The fourth-order valence-electron chi connectivity index (χ4n) is 2.54. The fraction of sp³-hybridized carbons (Fsp3) is 0.200. The van der Waals surface area contributed by atoms with Gasteiger partial charge in [0.25, 0.3) is 0 Å². The summed E-state index contributed by atoms with van der Waals surface area (Å²) in [6, 6.07) is 9.48. The van der Waals surface area contributed by atoms with E-state index in [1.54, 1.807) is 13.2 Å². The summed E-state index contributed by atoms with van der Waals surface area (Å²) in [5.41, 5.74) is 4.42. The van der Waals surface area contributed by atoms with Gasteiger partial charge >= 0.3 is 5.97 Å². The van der Waals surface area contributed by atoms with E-state index in [2.05, 4.69) is 6.07 Å². The van der Waals surface area contributed by atoms with Crippen LogP contribution in [0.15, 0.2) is 24.3 Å². The highest BCUT2D eigenvalue weighted by Crippen LogP contribution is 2.40. The van der Waals surface area contributed by atoms with Gasteiger partial charge in [0.1, 0.15) is 6.61 Å². The Bertz CT molecular complexity index is 685. The van der Waals surface area contributed by atoms with Crippen LogP contribution < -0.4 is 0 Å². The predicted octanol–water partition coefficient (Wildman–Crippen LogP) is 2.48. The van der Waals surface area contributed by atoms with E-state index in [0.717, 1.165) is 22.3 Å². The molecule has 3 aliphatic rings. The van der Waals surface area contributed by atoms with E-state index < -0.39 is 0 Å². The van der Waals surface area contributed by atoms with Crippen molar-refractivity contribution in [1.82, 2.24) is 0 Å². The second-order valence-corrected chi connectivity index (χ2v) is 4.42. The number of ether oxygens (including phenoxy) is 2. The molecule has 0 spiro atoms. The standard InChI is InChI=1S/C15H11NO3/c1-18-7-9-3-2-4-10-8-19-15(17)12-5-11(6-16)13(9)14(10)12/h2-5H,7-8H2,1H3. The van der Waals surface area contributed by atoms with Gasteiger partial charge in [0.2, 0.25) is 0 Å². The molecule has 0 saturated carbocycles. The summed E-state index contributed by atoms with van der Waals surface area (Å²) in [5.74, 6) is -0.367. The summed E-state index contributed by atoms with van der Waals surface area (Å²) >= 11 is 0. The lowest BCUT2D eigenvalue weighted by molar-refractivity contribution is 0.0459. The zero-order chi connectivity index (χ0) is 13.4. The summed E-state index contributed by atoms with van der Waals surface area (Å²) in [4.78, 5) is 11.8. The van der Waals surface area contributed by atoms with E-state index in [4.69, 9.17) is 9.47 Å². The number of esters is 1. The van der Waals surface area contributed by atoms with Crippen LogP contribution in [0.25, 0.3) is 11.1 Å². The summed E-state index contributed by atoms with van der Waals surface area (Å²) in [7, 11) is 1.61. The van der Waals surface area contributed by atoms with E-state index in [0.29, 0.717) is 17.7 Å². The number of hydrogen-bond donors (Lipinski definition) is 0. The van der Waals surface area contributed by atoms with Crippen LogP contribution in [0.5, 0.6) is 0 Å². The van der Waals surface area contributed by atoms with Crippen LogP contribution in [-0.2, 0) is 22.7 Å². The van der Waals surface area contributed by atoms with E-state index >= 15 is 0 Å². The third-order valence-electron chi connectivity index (χ3n) is 3.31. The molecule has 0 aromatic rings. The van der Waals surface area contributed by atoms with Crippen molar-refractivity contribution in [3.63, 3.8) is 0 Å². The quantitative estimate of drug-likeness (QED) is 0.771. The number of carbonyl (C=O) groups is 1. The Labute approximate surface area is 110 Å². The van der Waals surface area contributed by atoms with E-state index in [1.165, 1.54) is 0 Å². The summed E-state index contributed by atoms with van der Waals surface area (Å²) < 4.78 is 10.3. The number of nitrogens with zero attached hydrogens (tertiary/aromatic N) is 1. The van der Waals surface area contributed by atoms with Gasteiger partial charge in [-0.25, -0.2) is 4.79 Å². The Hall–Kier alpha value is -2.38. The molecule has 1 aliphatic heterocycles. The highest BCUT2D eigenvalue weighted by atomic mass is 16.5. The van der Waals surface area contributed by atoms with Crippen LogP contribution in [-0.4, -0.2) is 13.1 Å². The maximum Gasteiger partial charge on any atom is 0.339 e. The second-order valence-electron chi connectivity index (χ2n) is 4.42. The van der Waals surface area contributed by atoms with Crippen molar-refractivity contribution in [2.24, 2.45) is 0 Å². The lowest BCUT2D eigenvalue weighted by Gasteiger charge is -2.15. The lowest BCUT2D eigenvalue weighted by Crippen LogP contribution is -2.11. The zero-order valence-corrected chi connectivity index (χ0v) is 10.4. The topological polar surface area (TPSA) is 59.3 Å². The van der Waals surface area contributed by atoms with Gasteiger partial charge in [-0.3, -0.25) is 0 Å². The first-order chi connectivity index (χ1) is 9.26. The first-order valence-electron chi connectivity index (χ1n) is 5.90. The summed E-state index contributed by atoms with van der Waals surface area (Å²) in [6.07, 6.45) is 0. The molecule has 19 heavy (non-hydrogen) atoms. The van der Waals surface area contributed by atoms with Gasteiger partial charge in [-0.05, 0) is 17.2 Å². The Morgan fingerprint density at radius 3 is 3.00 bits per heavy atom. The molecule has 0 fully saturated rings. The molecule has 94 valence electrons. The van der Waals surface area contributed by atoms with Crippen molar-refractivity contribution in [2.75, 3.05) is 7.11 Å². The molecule has 0 radical (unpaired) electrons. The minimum atomic E-state index is -0.367. The second kappa shape index (κ2) is 4.38. The molecule has 4 heteroatoms. The van der Waals surface area contributed by atoms with Crippen molar-refractivity contribution in [2.45, 2.75) is 13.2 Å². The molecule has 0 atom stereocenters. The SMILES string of the molecule is COCc1cccc2c3c(cc(C#N)c1-3)C(=O)OC2. The molecular formula is C15H11NO3. The van der Waals surface area contributed by atoms with Gasteiger partial charge in [-0.2, -0.15) is 5.26 Å². The highest BCUT2D eigenvalue weighted by molar-refractivity contribution is 6.03. The van der Waals surface area contributed by atoms with Crippen molar-refractivity contribution < 1.29 is 14.3 Å². The van der Waals surface area contributed by atoms with Crippen LogP contribution in [0, 0.1) is 11.3 Å². The average molecular weight is 253 g/mol. The van der Waals surface area contributed by atoms with Gasteiger partial charge in [0, 0.05) is 18.2 Å². The van der Waals surface area contributed by atoms with Gasteiger partial charge < -0.3 is 9.47 Å². The molecule has 2 aliphatic carbocycles. The highest BCUT2D eigenvalue weighted by Gasteiger charge is 2.29. The molecule has 0 aromatic carbocycles. The van der Waals surface area contributed by atoms with Crippen molar-refractivity contribution in [3.8, 4) is 17.2 Å². The lowest BCUT2D eigenvalue weighted by atomic mass is 9.98. The van der Waals surface area contributed by atoms with Crippen LogP contribution in [0.4, 0.5) is 0 Å². The number of carbonyl (C=O) groups excluding carboxylic acids is 1. The first kappa shape index (κ1) is 11.7. The van der Waals surface area contributed by atoms with Crippen LogP contribution in [0.3, 0.4) is 0 Å². The molecule has 0 aromatic heterocycles. The molecule has 0 unspecified atom stereocenters. The Kier molecular flexibility index (Phi) is 2.69. The number of cyclic esters (lactones) is 1. The van der Waals surface area contributed by atoms with Gasteiger partial charge in [-0.1, -0.05) is 18.2 Å². The molecule has 4 nitrogen and oxygen atoms in total. The number of hydrogen-bond acceptors (Lipinski definition) is 4. The minimum absolute atomic E-state index is 0.248. The third kappa shape index (κ3) is 1.67. The van der Waals surface area contributed by atoms with E-state index in [9.17, 15) is 10.1 Å². The minimum Gasteiger partial charge on any atom is -0.457 e. The number of methoxy groups -OCH3 is 1. The average Bonchev–Trinajstić information content (AvgIpc) is 2.71.